The second kappa shape index (κ2) is 4.08. The fourth-order valence-electron chi connectivity index (χ4n) is 0.381. The molecule has 0 aliphatic carbocycles. The number of aliphatic hydroxyl groups excluding tert-OH is 1. The van der Waals surface area contributed by atoms with E-state index >= 15 is 0 Å². The lowest BCUT2D eigenvalue weighted by molar-refractivity contribution is -0.767. The minimum absolute atomic E-state index is 0.0883. The highest BCUT2D eigenvalue weighted by Crippen LogP contribution is 1.94. The molecule has 0 fully saturated rings. The summed E-state index contributed by atoms with van der Waals surface area (Å²) in [6.45, 7) is 1.44. The average Bonchev–Trinajstić information content (AvgIpc) is 1.63. The Bertz CT molecular complexity index is 94.6. The molecule has 0 amide bonds. The van der Waals surface area contributed by atoms with E-state index in [2.05, 4.69) is 4.84 Å². The van der Waals surface area contributed by atoms with E-state index in [9.17, 15) is 10.1 Å². The molecule has 54 valence electrons. The second-order valence-corrected chi connectivity index (χ2v) is 1.65. The van der Waals surface area contributed by atoms with Crippen LogP contribution in [0.2, 0.25) is 0 Å². The van der Waals surface area contributed by atoms with Crippen LogP contribution in [0.15, 0.2) is 0 Å². The lowest BCUT2D eigenvalue weighted by Gasteiger charge is -2.04. The van der Waals surface area contributed by atoms with E-state index in [0.717, 1.165) is 0 Å². The summed E-state index contributed by atoms with van der Waals surface area (Å²) in [5, 5.41) is 17.0. The van der Waals surface area contributed by atoms with Gasteiger partial charge in [0.2, 0.25) is 0 Å². The Balaban J connectivity index is 3.26. The highest BCUT2D eigenvalue weighted by atomic mass is 17.0. The van der Waals surface area contributed by atoms with Gasteiger partial charge in [-0.15, -0.1) is 10.1 Å². The lowest BCUT2D eigenvalue weighted by atomic mass is 10.3. The Labute approximate surface area is 52.3 Å². The van der Waals surface area contributed by atoms with Gasteiger partial charge in [0.1, 0.15) is 6.10 Å². The minimum atomic E-state index is -0.861. The van der Waals surface area contributed by atoms with E-state index in [1.54, 1.807) is 0 Å². The van der Waals surface area contributed by atoms with Gasteiger partial charge in [-0.3, -0.25) is 0 Å². The fourth-order valence-corrected chi connectivity index (χ4v) is 0.381. The summed E-state index contributed by atoms with van der Waals surface area (Å²) in [6.07, 6.45) is -0.217. The van der Waals surface area contributed by atoms with Crippen LogP contribution in [0.5, 0.6) is 0 Å². The zero-order valence-electron chi connectivity index (χ0n) is 5.11. The predicted molar refractivity (Wildman–Crippen MR) is 29.2 cm³/mol. The van der Waals surface area contributed by atoms with Crippen LogP contribution in [-0.2, 0) is 4.84 Å². The molecule has 0 heterocycles. The SMILES string of the molecule is CC(CCO)O[N+](=O)[O-]. The molecule has 0 rings (SSSR count). The number of nitrogens with zero attached hydrogens (tertiary/aromatic N) is 1. The lowest BCUT2D eigenvalue weighted by Crippen LogP contribution is -2.14. The van der Waals surface area contributed by atoms with E-state index in [1.165, 1.54) is 6.92 Å². The normalized spacial score (nSPS) is 12.7. The first-order valence-electron chi connectivity index (χ1n) is 2.59. The van der Waals surface area contributed by atoms with Crippen LogP contribution in [0.3, 0.4) is 0 Å². The Morgan fingerprint density at radius 1 is 1.89 bits per heavy atom. The molecule has 0 aromatic heterocycles. The van der Waals surface area contributed by atoms with Crippen molar-refractivity contribution in [3.8, 4) is 0 Å². The van der Waals surface area contributed by atoms with Gasteiger partial charge in [0.25, 0.3) is 5.09 Å². The van der Waals surface area contributed by atoms with Gasteiger partial charge in [0.05, 0.1) is 0 Å². The standard InChI is InChI=1S/C4H9NO4/c1-4(2-3-6)9-5(7)8/h4,6H,2-3H2,1H3. The van der Waals surface area contributed by atoms with Gasteiger partial charge in [0, 0.05) is 6.61 Å². The molecule has 0 saturated carbocycles. The molecule has 0 saturated heterocycles. The van der Waals surface area contributed by atoms with Crippen molar-refractivity contribution in [2.24, 2.45) is 0 Å². The molecule has 0 aromatic rings. The summed E-state index contributed by atoms with van der Waals surface area (Å²) >= 11 is 0. The molecule has 0 aliphatic heterocycles. The summed E-state index contributed by atoms with van der Waals surface area (Å²) in [4.78, 5) is 13.6. The van der Waals surface area contributed by atoms with E-state index in [4.69, 9.17) is 5.11 Å². The molecule has 0 spiro atoms. The Hall–Kier alpha value is -0.840. The van der Waals surface area contributed by atoms with Gasteiger partial charge in [-0.1, -0.05) is 0 Å². The van der Waals surface area contributed by atoms with Crippen molar-refractivity contribution < 1.29 is 15.0 Å². The quantitative estimate of drug-likeness (QED) is 0.433. The molecule has 1 N–H and O–H groups in total. The summed E-state index contributed by atoms with van der Waals surface area (Å²) in [5.41, 5.74) is 0. The van der Waals surface area contributed by atoms with E-state index in [1.807, 2.05) is 0 Å². The fraction of sp³-hybridized carbons (Fsp3) is 1.00. The number of hydrogen-bond acceptors (Lipinski definition) is 4. The predicted octanol–water partition coefficient (Wildman–Crippen LogP) is -0.0344. The number of aliphatic hydroxyl groups is 1. The molecule has 0 aromatic carbocycles. The van der Waals surface area contributed by atoms with Gasteiger partial charge in [0.15, 0.2) is 0 Å². The summed E-state index contributed by atoms with van der Waals surface area (Å²) in [5.74, 6) is 0. The molecule has 1 atom stereocenters. The van der Waals surface area contributed by atoms with Gasteiger partial charge in [-0.05, 0) is 13.3 Å². The van der Waals surface area contributed by atoms with Crippen molar-refractivity contribution in [1.82, 2.24) is 0 Å². The Morgan fingerprint density at radius 2 is 2.44 bits per heavy atom. The van der Waals surface area contributed by atoms with Crippen LogP contribution in [0.25, 0.3) is 0 Å². The van der Waals surface area contributed by atoms with Gasteiger partial charge in [-0.25, -0.2) is 0 Å². The third-order valence-corrected chi connectivity index (χ3v) is 0.802. The molecule has 1 unspecified atom stereocenters. The van der Waals surface area contributed by atoms with Crippen LogP contribution in [0.4, 0.5) is 0 Å². The summed E-state index contributed by atoms with van der Waals surface area (Å²) in [7, 11) is 0. The van der Waals surface area contributed by atoms with Crippen molar-refractivity contribution in [3.63, 3.8) is 0 Å². The first-order chi connectivity index (χ1) is 4.16. The molecular weight excluding hydrogens is 126 g/mol. The van der Waals surface area contributed by atoms with Gasteiger partial charge >= 0.3 is 0 Å². The average molecular weight is 135 g/mol. The first kappa shape index (κ1) is 8.16. The van der Waals surface area contributed by atoms with Crippen LogP contribution in [0.1, 0.15) is 13.3 Å². The maximum atomic E-state index is 9.59. The van der Waals surface area contributed by atoms with Crippen molar-refractivity contribution in [1.29, 1.82) is 0 Å². The van der Waals surface area contributed by atoms with Crippen LogP contribution < -0.4 is 0 Å². The van der Waals surface area contributed by atoms with E-state index < -0.39 is 11.2 Å². The van der Waals surface area contributed by atoms with Crippen LogP contribution in [-0.4, -0.2) is 22.9 Å². The molecule has 5 heteroatoms. The molecule has 0 radical (unpaired) electrons. The number of rotatable bonds is 4. The zero-order chi connectivity index (χ0) is 7.28. The summed E-state index contributed by atoms with van der Waals surface area (Å²) in [6, 6.07) is 0. The summed E-state index contributed by atoms with van der Waals surface area (Å²) < 4.78 is 0. The largest absolute Gasteiger partial charge is 0.396 e. The second-order valence-electron chi connectivity index (χ2n) is 1.65. The Morgan fingerprint density at radius 3 is 2.78 bits per heavy atom. The Kier molecular flexibility index (Phi) is 3.70. The molecular formula is C4H9NO4. The van der Waals surface area contributed by atoms with Gasteiger partial charge in [-0.2, -0.15) is 0 Å². The third kappa shape index (κ3) is 5.02. The van der Waals surface area contributed by atoms with Crippen LogP contribution >= 0.6 is 0 Å². The highest BCUT2D eigenvalue weighted by Gasteiger charge is 2.04. The maximum absolute atomic E-state index is 9.59. The number of hydrogen-bond donors (Lipinski definition) is 1. The van der Waals surface area contributed by atoms with E-state index in [0.29, 0.717) is 6.42 Å². The molecule has 5 nitrogen and oxygen atoms in total. The van der Waals surface area contributed by atoms with Crippen molar-refractivity contribution in [2.75, 3.05) is 6.61 Å². The molecule has 0 bridgehead atoms. The third-order valence-electron chi connectivity index (χ3n) is 0.802. The zero-order valence-corrected chi connectivity index (χ0v) is 5.11. The smallest absolute Gasteiger partial charge is 0.294 e. The minimum Gasteiger partial charge on any atom is -0.396 e. The maximum Gasteiger partial charge on any atom is 0.294 e. The van der Waals surface area contributed by atoms with E-state index in [-0.39, 0.29) is 6.61 Å². The van der Waals surface area contributed by atoms with Crippen molar-refractivity contribution >= 4 is 0 Å². The van der Waals surface area contributed by atoms with Crippen LogP contribution in [0, 0.1) is 10.1 Å². The topological polar surface area (TPSA) is 72.6 Å². The monoisotopic (exact) mass is 135 g/mol. The van der Waals surface area contributed by atoms with Gasteiger partial charge < -0.3 is 9.94 Å². The highest BCUT2D eigenvalue weighted by molar-refractivity contribution is 4.42. The van der Waals surface area contributed by atoms with Crippen molar-refractivity contribution in [2.45, 2.75) is 19.4 Å². The van der Waals surface area contributed by atoms with Crippen molar-refractivity contribution in [3.05, 3.63) is 10.1 Å². The molecule has 0 aliphatic rings. The molecule has 9 heavy (non-hydrogen) atoms. The first-order valence-corrected chi connectivity index (χ1v) is 2.59.